The Morgan fingerprint density at radius 3 is 2.62 bits per heavy atom. The third-order valence-electron chi connectivity index (χ3n) is 6.89. The number of amides is 1. The predicted octanol–water partition coefficient (Wildman–Crippen LogP) is 5.68. The Morgan fingerprint density at radius 1 is 1.06 bits per heavy atom. The molecule has 1 N–H and O–H groups in total. The van der Waals surface area contributed by atoms with E-state index in [2.05, 4.69) is 65.7 Å². The molecule has 1 saturated carbocycles. The molecule has 0 heterocycles. The van der Waals surface area contributed by atoms with Crippen LogP contribution in [0.15, 0.2) is 54.2 Å². The number of hydrogen-bond acceptors (Lipinski definition) is 3. The fourth-order valence-corrected chi connectivity index (χ4v) is 5.01. The van der Waals surface area contributed by atoms with Crippen LogP contribution in [-0.2, 0) is 22.4 Å². The highest BCUT2D eigenvalue weighted by Gasteiger charge is 2.26. The van der Waals surface area contributed by atoms with Crippen molar-refractivity contribution < 1.29 is 9.53 Å². The molecule has 4 rings (SSSR count). The first-order valence-corrected chi connectivity index (χ1v) is 12.1. The van der Waals surface area contributed by atoms with Gasteiger partial charge in [0.1, 0.15) is 0 Å². The number of rotatable bonds is 9. The van der Waals surface area contributed by atoms with Gasteiger partial charge in [-0.2, -0.15) is 0 Å². The van der Waals surface area contributed by atoms with Crippen molar-refractivity contribution in [1.29, 1.82) is 0 Å². The minimum absolute atomic E-state index is 0.0982. The van der Waals surface area contributed by atoms with Gasteiger partial charge in [0.15, 0.2) is 0 Å². The second kappa shape index (κ2) is 10.8. The highest BCUT2D eigenvalue weighted by molar-refractivity contribution is 5.92. The average molecular weight is 433 g/mol. The number of ether oxygens (including phenoxy) is 1. The van der Waals surface area contributed by atoms with Crippen LogP contribution in [0, 0.1) is 5.92 Å². The number of nitrogens with one attached hydrogen (secondary N) is 1. The van der Waals surface area contributed by atoms with Gasteiger partial charge in [-0.1, -0.05) is 43.3 Å². The van der Waals surface area contributed by atoms with Crippen molar-refractivity contribution in [3.05, 3.63) is 70.9 Å². The molecular formula is C28H36N2O2. The van der Waals surface area contributed by atoms with Crippen LogP contribution in [0.4, 0.5) is 5.69 Å². The molecule has 32 heavy (non-hydrogen) atoms. The van der Waals surface area contributed by atoms with Gasteiger partial charge in [-0.05, 0) is 73.4 Å². The summed E-state index contributed by atoms with van der Waals surface area (Å²) in [5.41, 5.74) is 6.38. The lowest BCUT2D eigenvalue weighted by Crippen LogP contribution is -2.29. The molecule has 170 valence electrons. The van der Waals surface area contributed by atoms with Gasteiger partial charge >= 0.3 is 0 Å². The third kappa shape index (κ3) is 5.60. The lowest BCUT2D eigenvalue weighted by atomic mass is 9.86. The first-order chi connectivity index (χ1) is 15.7. The summed E-state index contributed by atoms with van der Waals surface area (Å²) in [5, 5.41) is 3.16. The van der Waals surface area contributed by atoms with E-state index in [1.54, 1.807) is 7.11 Å². The molecular weight excluding hydrogens is 396 g/mol. The standard InChI is InChI=1S/C28H36N2O2/c1-3-16-30(26-19-23-8-4-5-9-24(23)20-26)17-15-21-7-6-10-25(18-21)29-28(31)22-11-13-27(32-2)14-12-22/h4-10,18-19,22,27H,3,11-17,20H2,1-2H3,(H,29,31). The maximum Gasteiger partial charge on any atom is 0.227 e. The number of carbonyl (C=O) groups excluding carboxylic acids is 1. The van der Waals surface area contributed by atoms with Crippen LogP contribution in [0.5, 0.6) is 0 Å². The van der Waals surface area contributed by atoms with E-state index in [-0.39, 0.29) is 11.8 Å². The molecule has 1 fully saturated rings. The van der Waals surface area contributed by atoms with Crippen LogP contribution in [-0.4, -0.2) is 37.1 Å². The minimum atomic E-state index is 0.0982. The minimum Gasteiger partial charge on any atom is -0.381 e. The Labute approximate surface area is 192 Å². The first-order valence-electron chi connectivity index (χ1n) is 12.1. The summed E-state index contributed by atoms with van der Waals surface area (Å²) >= 11 is 0. The molecule has 0 saturated heterocycles. The monoisotopic (exact) mass is 432 g/mol. The highest BCUT2D eigenvalue weighted by Crippen LogP contribution is 2.28. The van der Waals surface area contributed by atoms with Gasteiger partial charge in [-0.25, -0.2) is 0 Å². The normalized spacial score (nSPS) is 19.9. The van der Waals surface area contributed by atoms with Crippen LogP contribution in [0.2, 0.25) is 0 Å². The van der Waals surface area contributed by atoms with Crippen LogP contribution in [0.3, 0.4) is 0 Å². The van der Waals surface area contributed by atoms with Gasteiger partial charge in [-0.3, -0.25) is 4.79 Å². The molecule has 2 aliphatic carbocycles. The predicted molar refractivity (Wildman–Crippen MR) is 132 cm³/mol. The van der Waals surface area contributed by atoms with E-state index in [4.69, 9.17) is 4.74 Å². The second-order valence-corrected chi connectivity index (χ2v) is 9.15. The Bertz CT molecular complexity index is 944. The molecule has 4 heteroatoms. The van der Waals surface area contributed by atoms with Gasteiger partial charge in [0.05, 0.1) is 6.10 Å². The molecule has 0 aromatic heterocycles. The Morgan fingerprint density at radius 2 is 1.88 bits per heavy atom. The second-order valence-electron chi connectivity index (χ2n) is 9.15. The van der Waals surface area contributed by atoms with Crippen LogP contribution >= 0.6 is 0 Å². The molecule has 2 aromatic rings. The van der Waals surface area contributed by atoms with Gasteiger partial charge in [0.25, 0.3) is 0 Å². The zero-order valence-corrected chi connectivity index (χ0v) is 19.5. The summed E-state index contributed by atoms with van der Waals surface area (Å²) in [7, 11) is 1.76. The van der Waals surface area contributed by atoms with E-state index in [1.807, 2.05) is 6.07 Å². The fourth-order valence-electron chi connectivity index (χ4n) is 5.01. The number of carbonyl (C=O) groups is 1. The lowest BCUT2D eigenvalue weighted by Gasteiger charge is -2.27. The fraction of sp³-hybridized carbons (Fsp3) is 0.464. The molecule has 0 unspecified atom stereocenters. The smallest absolute Gasteiger partial charge is 0.227 e. The average Bonchev–Trinajstić information content (AvgIpc) is 3.26. The number of benzene rings is 2. The molecule has 4 nitrogen and oxygen atoms in total. The molecule has 2 aliphatic rings. The van der Waals surface area contributed by atoms with Crippen molar-refractivity contribution in [3.8, 4) is 0 Å². The lowest BCUT2D eigenvalue weighted by molar-refractivity contribution is -0.121. The summed E-state index contributed by atoms with van der Waals surface area (Å²) in [4.78, 5) is 15.3. The highest BCUT2D eigenvalue weighted by atomic mass is 16.5. The Kier molecular flexibility index (Phi) is 7.64. The van der Waals surface area contributed by atoms with Gasteiger partial charge in [0.2, 0.25) is 5.91 Å². The van der Waals surface area contributed by atoms with E-state index < -0.39 is 0 Å². The van der Waals surface area contributed by atoms with Crippen LogP contribution in [0.25, 0.3) is 6.08 Å². The maximum atomic E-state index is 12.7. The Hall–Kier alpha value is -2.59. The molecule has 0 spiro atoms. The van der Waals surface area contributed by atoms with Crippen LogP contribution in [0.1, 0.15) is 55.7 Å². The van der Waals surface area contributed by atoms with Crippen molar-refractivity contribution in [3.63, 3.8) is 0 Å². The van der Waals surface area contributed by atoms with E-state index in [0.717, 1.165) is 63.7 Å². The van der Waals surface area contributed by atoms with Gasteiger partial charge < -0.3 is 15.0 Å². The molecule has 0 radical (unpaired) electrons. The number of methoxy groups -OCH3 is 1. The maximum absolute atomic E-state index is 12.7. The van der Waals surface area contributed by atoms with E-state index in [9.17, 15) is 4.79 Å². The Balaban J connectivity index is 1.33. The zero-order chi connectivity index (χ0) is 22.3. The number of anilines is 1. The van der Waals surface area contributed by atoms with E-state index in [0.29, 0.717) is 6.10 Å². The molecule has 0 atom stereocenters. The number of allylic oxidation sites excluding steroid dienone is 1. The molecule has 2 aromatic carbocycles. The molecule has 1 amide bonds. The number of hydrogen-bond donors (Lipinski definition) is 1. The molecule has 0 aliphatic heterocycles. The SMILES string of the molecule is CCCN(CCc1cccc(NC(=O)C2CCC(OC)CC2)c1)C1=Cc2ccccc2C1. The largest absolute Gasteiger partial charge is 0.381 e. The van der Waals surface area contributed by atoms with Crippen molar-refractivity contribution in [2.45, 2.75) is 58.0 Å². The summed E-state index contributed by atoms with van der Waals surface area (Å²) in [5.74, 6) is 0.249. The topological polar surface area (TPSA) is 41.6 Å². The molecule has 0 bridgehead atoms. The van der Waals surface area contributed by atoms with Crippen molar-refractivity contribution >= 4 is 17.7 Å². The summed E-state index contributed by atoms with van der Waals surface area (Å²) in [6.07, 6.45) is 9.56. The number of nitrogens with zero attached hydrogens (tertiary/aromatic N) is 1. The summed E-state index contributed by atoms with van der Waals surface area (Å²) in [6, 6.07) is 17.1. The van der Waals surface area contributed by atoms with Gasteiger partial charge in [-0.15, -0.1) is 0 Å². The van der Waals surface area contributed by atoms with Crippen molar-refractivity contribution in [2.24, 2.45) is 5.92 Å². The van der Waals surface area contributed by atoms with Crippen molar-refractivity contribution in [2.75, 3.05) is 25.5 Å². The summed E-state index contributed by atoms with van der Waals surface area (Å²) in [6.45, 7) is 4.30. The number of fused-ring (bicyclic) bond motifs is 1. The third-order valence-corrected chi connectivity index (χ3v) is 6.89. The van der Waals surface area contributed by atoms with Crippen LogP contribution < -0.4 is 5.32 Å². The van der Waals surface area contributed by atoms with Gasteiger partial charge in [0, 0.05) is 43.9 Å². The van der Waals surface area contributed by atoms with E-state index in [1.165, 1.54) is 22.4 Å². The zero-order valence-electron chi connectivity index (χ0n) is 19.5. The first kappa shape index (κ1) is 22.6. The quantitative estimate of drug-likeness (QED) is 0.554. The van der Waals surface area contributed by atoms with Crippen molar-refractivity contribution in [1.82, 2.24) is 4.90 Å². The van der Waals surface area contributed by atoms with E-state index >= 15 is 0 Å². The summed E-state index contributed by atoms with van der Waals surface area (Å²) < 4.78 is 5.43.